The van der Waals surface area contributed by atoms with E-state index in [0.29, 0.717) is 11.3 Å². The van der Waals surface area contributed by atoms with Crippen molar-refractivity contribution in [2.75, 3.05) is 13.1 Å². The first-order valence-corrected chi connectivity index (χ1v) is 11.6. The number of halogens is 1. The third-order valence-corrected chi connectivity index (χ3v) is 6.45. The minimum atomic E-state index is -3.61. The fraction of sp³-hybridized carbons (Fsp3) is 0.182. The molecular weight excluding hydrogens is 466 g/mol. The topological polar surface area (TPSA) is 88.2 Å². The van der Waals surface area contributed by atoms with Crippen LogP contribution < -0.4 is 10.0 Å². The van der Waals surface area contributed by atoms with Gasteiger partial charge >= 0.3 is 0 Å². The summed E-state index contributed by atoms with van der Waals surface area (Å²) >= 11 is 3.44. The van der Waals surface area contributed by atoms with Gasteiger partial charge in [0.15, 0.2) is 0 Å². The predicted molar refractivity (Wildman–Crippen MR) is 121 cm³/mol. The predicted octanol–water partition coefficient (Wildman–Crippen LogP) is 3.84. The van der Waals surface area contributed by atoms with Crippen LogP contribution in [-0.2, 0) is 10.0 Å². The number of rotatable bonds is 7. The van der Waals surface area contributed by atoms with Gasteiger partial charge in [0.25, 0.3) is 5.91 Å². The van der Waals surface area contributed by atoms with E-state index in [1.165, 1.54) is 0 Å². The van der Waals surface area contributed by atoms with E-state index in [-0.39, 0.29) is 23.9 Å². The molecule has 1 amide bonds. The Labute approximate surface area is 184 Å². The third-order valence-electron chi connectivity index (χ3n) is 4.48. The molecule has 0 unspecified atom stereocenters. The van der Waals surface area contributed by atoms with Crippen LogP contribution in [0, 0.1) is 13.8 Å². The SMILES string of the molecule is Cc1ccc(S(=O)(=O)NCCNC(=O)c2ccc(-c3cccc(Br)c3)nc2C)cc1. The van der Waals surface area contributed by atoms with Gasteiger partial charge in [0.1, 0.15) is 0 Å². The average Bonchev–Trinajstić information content (AvgIpc) is 2.71. The fourth-order valence-electron chi connectivity index (χ4n) is 2.87. The third kappa shape index (κ3) is 5.53. The maximum absolute atomic E-state index is 12.5. The number of carbonyl (C=O) groups is 1. The number of nitrogens with one attached hydrogen (secondary N) is 2. The number of hydrogen-bond acceptors (Lipinski definition) is 4. The van der Waals surface area contributed by atoms with E-state index < -0.39 is 10.0 Å². The lowest BCUT2D eigenvalue weighted by atomic mass is 10.1. The Morgan fingerprint density at radius 3 is 2.40 bits per heavy atom. The summed E-state index contributed by atoms with van der Waals surface area (Å²) in [5.41, 5.74) is 3.76. The van der Waals surface area contributed by atoms with Gasteiger partial charge in [0, 0.05) is 23.1 Å². The molecule has 8 heteroatoms. The molecule has 2 N–H and O–H groups in total. The lowest BCUT2D eigenvalue weighted by molar-refractivity contribution is 0.0953. The molecule has 1 heterocycles. The summed E-state index contributed by atoms with van der Waals surface area (Å²) in [5, 5.41) is 2.73. The van der Waals surface area contributed by atoms with Crippen molar-refractivity contribution in [2.45, 2.75) is 18.7 Å². The van der Waals surface area contributed by atoms with Crippen LogP contribution >= 0.6 is 15.9 Å². The molecule has 0 saturated heterocycles. The molecule has 0 bridgehead atoms. The number of nitrogens with zero attached hydrogens (tertiary/aromatic N) is 1. The first kappa shape index (κ1) is 22.1. The highest BCUT2D eigenvalue weighted by Gasteiger charge is 2.14. The van der Waals surface area contributed by atoms with Crippen LogP contribution in [-0.4, -0.2) is 32.4 Å². The highest BCUT2D eigenvalue weighted by Crippen LogP contribution is 2.22. The molecule has 0 aliphatic carbocycles. The average molecular weight is 488 g/mol. The van der Waals surface area contributed by atoms with Crippen LogP contribution in [0.4, 0.5) is 0 Å². The van der Waals surface area contributed by atoms with Crippen LogP contribution in [0.25, 0.3) is 11.3 Å². The quantitative estimate of drug-likeness (QED) is 0.495. The molecule has 0 aliphatic heterocycles. The van der Waals surface area contributed by atoms with Gasteiger partial charge in [-0.05, 0) is 50.2 Å². The normalized spacial score (nSPS) is 11.3. The van der Waals surface area contributed by atoms with Crippen molar-refractivity contribution in [2.24, 2.45) is 0 Å². The van der Waals surface area contributed by atoms with Gasteiger partial charge in [-0.15, -0.1) is 0 Å². The summed E-state index contributed by atoms with van der Waals surface area (Å²) in [6.07, 6.45) is 0. The van der Waals surface area contributed by atoms with Crippen molar-refractivity contribution in [1.29, 1.82) is 0 Å². The Bertz CT molecular complexity index is 1160. The Balaban J connectivity index is 1.58. The van der Waals surface area contributed by atoms with E-state index in [2.05, 4.69) is 31.0 Å². The van der Waals surface area contributed by atoms with Crippen molar-refractivity contribution in [3.63, 3.8) is 0 Å². The summed E-state index contributed by atoms with van der Waals surface area (Å²) in [7, 11) is -3.61. The number of sulfonamides is 1. The van der Waals surface area contributed by atoms with Crippen molar-refractivity contribution in [1.82, 2.24) is 15.0 Å². The van der Waals surface area contributed by atoms with E-state index in [0.717, 1.165) is 21.3 Å². The van der Waals surface area contributed by atoms with Gasteiger partial charge in [-0.2, -0.15) is 0 Å². The molecule has 0 spiro atoms. The zero-order chi connectivity index (χ0) is 21.7. The van der Waals surface area contributed by atoms with Gasteiger partial charge in [-0.25, -0.2) is 13.1 Å². The fourth-order valence-corrected chi connectivity index (χ4v) is 4.30. The van der Waals surface area contributed by atoms with E-state index in [1.54, 1.807) is 43.3 Å². The van der Waals surface area contributed by atoms with Crippen LogP contribution in [0.2, 0.25) is 0 Å². The van der Waals surface area contributed by atoms with Gasteiger partial charge in [0.05, 0.1) is 21.8 Å². The molecule has 1 aromatic heterocycles. The van der Waals surface area contributed by atoms with E-state index >= 15 is 0 Å². The zero-order valence-electron chi connectivity index (χ0n) is 16.6. The van der Waals surface area contributed by atoms with Crippen molar-refractivity contribution < 1.29 is 13.2 Å². The summed E-state index contributed by atoms with van der Waals surface area (Å²) in [6.45, 7) is 3.92. The second-order valence-corrected chi connectivity index (χ2v) is 9.49. The van der Waals surface area contributed by atoms with Gasteiger partial charge in [-0.1, -0.05) is 45.8 Å². The second kappa shape index (κ2) is 9.51. The molecule has 3 rings (SSSR count). The molecule has 0 aliphatic rings. The van der Waals surface area contributed by atoms with E-state index in [9.17, 15) is 13.2 Å². The largest absolute Gasteiger partial charge is 0.351 e. The maximum Gasteiger partial charge on any atom is 0.253 e. The first-order chi connectivity index (χ1) is 14.3. The van der Waals surface area contributed by atoms with Crippen LogP contribution in [0.1, 0.15) is 21.6 Å². The molecule has 0 atom stereocenters. The summed E-state index contributed by atoms with van der Waals surface area (Å²) in [5.74, 6) is -0.296. The molecule has 0 saturated carbocycles. The van der Waals surface area contributed by atoms with Gasteiger partial charge < -0.3 is 5.32 Å². The molecule has 30 heavy (non-hydrogen) atoms. The number of amides is 1. The lowest BCUT2D eigenvalue weighted by Gasteiger charge is -2.10. The number of carbonyl (C=O) groups excluding carboxylic acids is 1. The maximum atomic E-state index is 12.5. The molecule has 2 aromatic carbocycles. The highest BCUT2D eigenvalue weighted by atomic mass is 79.9. The Hall–Kier alpha value is -2.55. The standard InChI is InChI=1S/C22H22BrN3O3S/c1-15-6-8-19(9-7-15)30(28,29)25-13-12-24-22(27)20-10-11-21(26-16(20)2)17-4-3-5-18(23)14-17/h3-11,14,25H,12-13H2,1-2H3,(H,24,27). The molecule has 6 nitrogen and oxygen atoms in total. The number of pyridine rings is 1. The minimum absolute atomic E-state index is 0.0878. The monoisotopic (exact) mass is 487 g/mol. The Morgan fingerprint density at radius 1 is 1.00 bits per heavy atom. The smallest absolute Gasteiger partial charge is 0.253 e. The molecular formula is C22H22BrN3O3S. The minimum Gasteiger partial charge on any atom is -0.351 e. The molecule has 0 radical (unpaired) electrons. The van der Waals surface area contributed by atoms with Crippen molar-refractivity contribution in [3.05, 3.63) is 82.0 Å². The molecule has 156 valence electrons. The summed E-state index contributed by atoms with van der Waals surface area (Å²) < 4.78 is 28.0. The van der Waals surface area contributed by atoms with E-state index in [4.69, 9.17) is 0 Å². The van der Waals surface area contributed by atoms with Crippen LogP contribution in [0.15, 0.2) is 70.0 Å². The van der Waals surface area contributed by atoms with Gasteiger partial charge in [-0.3, -0.25) is 9.78 Å². The second-order valence-electron chi connectivity index (χ2n) is 6.81. The first-order valence-electron chi connectivity index (χ1n) is 9.34. The summed E-state index contributed by atoms with van der Waals surface area (Å²) in [4.78, 5) is 17.2. The highest BCUT2D eigenvalue weighted by molar-refractivity contribution is 9.10. The lowest BCUT2D eigenvalue weighted by Crippen LogP contribution is -2.35. The summed E-state index contributed by atoms with van der Waals surface area (Å²) in [6, 6.07) is 17.9. The molecule has 0 fully saturated rings. The number of aromatic nitrogens is 1. The van der Waals surface area contributed by atoms with E-state index in [1.807, 2.05) is 31.2 Å². The number of hydrogen-bond donors (Lipinski definition) is 2. The van der Waals surface area contributed by atoms with Crippen molar-refractivity contribution >= 4 is 31.9 Å². The molecule has 3 aromatic rings. The van der Waals surface area contributed by atoms with Crippen molar-refractivity contribution in [3.8, 4) is 11.3 Å². The number of aryl methyl sites for hydroxylation is 2. The van der Waals surface area contributed by atoms with Crippen LogP contribution in [0.5, 0.6) is 0 Å². The van der Waals surface area contributed by atoms with Crippen LogP contribution in [0.3, 0.4) is 0 Å². The van der Waals surface area contributed by atoms with Gasteiger partial charge in [0.2, 0.25) is 10.0 Å². The number of benzene rings is 2. The Kier molecular flexibility index (Phi) is 7.02. The Morgan fingerprint density at radius 2 is 1.73 bits per heavy atom. The zero-order valence-corrected chi connectivity index (χ0v) is 19.0.